The highest BCUT2D eigenvalue weighted by molar-refractivity contribution is 5.27. The van der Waals surface area contributed by atoms with Crippen LogP contribution in [0.2, 0.25) is 0 Å². The molecule has 0 radical (unpaired) electrons. The van der Waals surface area contributed by atoms with E-state index in [0.29, 0.717) is 11.8 Å². The Hall–Kier alpha value is -1.36. The highest BCUT2D eigenvalue weighted by Crippen LogP contribution is 2.09. The second kappa shape index (κ2) is 7.84. The van der Waals surface area contributed by atoms with E-state index in [9.17, 15) is 0 Å². The zero-order chi connectivity index (χ0) is 12.5. The molecule has 0 aliphatic carbocycles. The van der Waals surface area contributed by atoms with Crippen LogP contribution in [0.3, 0.4) is 0 Å². The zero-order valence-electron chi connectivity index (χ0n) is 10.8. The van der Waals surface area contributed by atoms with Crippen LogP contribution in [0.5, 0.6) is 5.88 Å². The molecule has 1 heterocycles. The molecular formula is C12H21N3O2. The molecule has 0 unspecified atom stereocenters. The van der Waals surface area contributed by atoms with Gasteiger partial charge in [-0.05, 0) is 27.2 Å². The summed E-state index contributed by atoms with van der Waals surface area (Å²) in [7, 11) is 0. The minimum Gasteiger partial charge on any atom is -0.475 e. The van der Waals surface area contributed by atoms with E-state index >= 15 is 0 Å². The molecule has 5 heteroatoms. The molecule has 96 valence electrons. The molecule has 1 aromatic heterocycles. The van der Waals surface area contributed by atoms with Crippen molar-refractivity contribution in [3.05, 3.63) is 12.3 Å². The smallest absolute Gasteiger partial charge is 0.225 e. The van der Waals surface area contributed by atoms with E-state index in [-0.39, 0.29) is 6.10 Å². The van der Waals surface area contributed by atoms with Gasteiger partial charge in [-0.25, -0.2) is 4.98 Å². The highest BCUT2D eigenvalue weighted by Gasteiger charge is 2.01. The van der Waals surface area contributed by atoms with Gasteiger partial charge in [-0.3, -0.25) is 0 Å². The second-order valence-electron chi connectivity index (χ2n) is 3.86. The number of hydrogen-bond acceptors (Lipinski definition) is 5. The van der Waals surface area contributed by atoms with Crippen LogP contribution in [0, 0.1) is 0 Å². The van der Waals surface area contributed by atoms with Crippen molar-refractivity contribution in [3.63, 3.8) is 0 Å². The molecule has 0 aliphatic rings. The lowest BCUT2D eigenvalue weighted by Gasteiger charge is -2.10. The van der Waals surface area contributed by atoms with Gasteiger partial charge in [0.05, 0.1) is 6.10 Å². The Bertz CT molecular complexity index is 318. The van der Waals surface area contributed by atoms with Gasteiger partial charge in [0.1, 0.15) is 0 Å². The van der Waals surface area contributed by atoms with Gasteiger partial charge in [-0.2, -0.15) is 4.98 Å². The molecule has 17 heavy (non-hydrogen) atoms. The first-order valence-corrected chi connectivity index (χ1v) is 6.03. The van der Waals surface area contributed by atoms with E-state index in [1.165, 1.54) is 0 Å². The van der Waals surface area contributed by atoms with Gasteiger partial charge < -0.3 is 14.8 Å². The number of hydrogen-bond donors (Lipinski definition) is 1. The molecule has 0 bridgehead atoms. The van der Waals surface area contributed by atoms with Gasteiger partial charge in [-0.1, -0.05) is 0 Å². The minimum atomic E-state index is 0.121. The Morgan fingerprint density at radius 2 is 2.24 bits per heavy atom. The fourth-order valence-corrected chi connectivity index (χ4v) is 1.25. The van der Waals surface area contributed by atoms with E-state index in [0.717, 1.165) is 26.2 Å². The largest absolute Gasteiger partial charge is 0.475 e. The van der Waals surface area contributed by atoms with Gasteiger partial charge in [-0.15, -0.1) is 0 Å². The Morgan fingerprint density at radius 3 is 2.94 bits per heavy atom. The summed E-state index contributed by atoms with van der Waals surface area (Å²) in [4.78, 5) is 8.37. The Kier molecular flexibility index (Phi) is 6.32. The molecule has 1 rings (SSSR count). The highest BCUT2D eigenvalue weighted by atomic mass is 16.5. The van der Waals surface area contributed by atoms with Crippen LogP contribution in [0.1, 0.15) is 27.2 Å². The van der Waals surface area contributed by atoms with Gasteiger partial charge >= 0.3 is 0 Å². The Balaban J connectivity index is 2.32. The average molecular weight is 239 g/mol. The molecule has 0 aliphatic heterocycles. The fraction of sp³-hybridized carbons (Fsp3) is 0.667. The third kappa shape index (κ3) is 6.06. The van der Waals surface area contributed by atoms with Crippen molar-refractivity contribution in [1.29, 1.82) is 0 Å². The fourth-order valence-electron chi connectivity index (χ4n) is 1.25. The Labute approximate surface area is 103 Å². The van der Waals surface area contributed by atoms with E-state index in [4.69, 9.17) is 9.47 Å². The lowest BCUT2D eigenvalue weighted by atomic mass is 10.4. The molecule has 0 saturated heterocycles. The van der Waals surface area contributed by atoms with Crippen molar-refractivity contribution in [2.45, 2.75) is 33.3 Å². The lowest BCUT2D eigenvalue weighted by Crippen LogP contribution is -2.11. The second-order valence-corrected chi connectivity index (χ2v) is 3.86. The quantitative estimate of drug-likeness (QED) is 0.704. The van der Waals surface area contributed by atoms with Crippen LogP contribution >= 0.6 is 0 Å². The van der Waals surface area contributed by atoms with Gasteiger partial charge in [0.2, 0.25) is 11.8 Å². The van der Waals surface area contributed by atoms with Crippen LogP contribution in [0.15, 0.2) is 12.3 Å². The molecular weight excluding hydrogens is 218 g/mol. The van der Waals surface area contributed by atoms with Crippen molar-refractivity contribution in [3.8, 4) is 5.88 Å². The van der Waals surface area contributed by atoms with E-state index in [1.807, 2.05) is 20.8 Å². The van der Waals surface area contributed by atoms with Crippen LogP contribution in [-0.2, 0) is 4.74 Å². The summed E-state index contributed by atoms with van der Waals surface area (Å²) in [5.41, 5.74) is 0. The maximum Gasteiger partial charge on any atom is 0.225 e. The van der Waals surface area contributed by atoms with Crippen molar-refractivity contribution in [2.24, 2.45) is 0 Å². The third-order valence-electron chi connectivity index (χ3n) is 1.94. The molecule has 0 aromatic carbocycles. The molecule has 5 nitrogen and oxygen atoms in total. The lowest BCUT2D eigenvalue weighted by molar-refractivity contribution is 0.147. The van der Waals surface area contributed by atoms with Gasteiger partial charge in [0, 0.05) is 32.0 Å². The predicted molar refractivity (Wildman–Crippen MR) is 67.4 cm³/mol. The molecule has 0 spiro atoms. The third-order valence-corrected chi connectivity index (χ3v) is 1.94. The first-order chi connectivity index (χ1) is 8.22. The SMILES string of the molecule is CCOCCCNc1nccc(OC(C)C)n1. The van der Waals surface area contributed by atoms with Gasteiger partial charge in [0.25, 0.3) is 0 Å². The average Bonchev–Trinajstić information content (AvgIpc) is 2.28. The number of rotatable bonds is 8. The number of anilines is 1. The van der Waals surface area contributed by atoms with Gasteiger partial charge in [0.15, 0.2) is 0 Å². The van der Waals surface area contributed by atoms with E-state index in [1.54, 1.807) is 12.3 Å². The van der Waals surface area contributed by atoms with Crippen molar-refractivity contribution < 1.29 is 9.47 Å². The Morgan fingerprint density at radius 1 is 1.41 bits per heavy atom. The maximum absolute atomic E-state index is 5.48. The zero-order valence-corrected chi connectivity index (χ0v) is 10.8. The van der Waals surface area contributed by atoms with Crippen LogP contribution in [0.4, 0.5) is 5.95 Å². The van der Waals surface area contributed by atoms with Crippen LogP contribution in [-0.4, -0.2) is 35.8 Å². The molecule has 1 N–H and O–H groups in total. The normalized spacial score (nSPS) is 10.6. The number of nitrogens with zero attached hydrogens (tertiary/aromatic N) is 2. The first kappa shape index (κ1) is 13.7. The summed E-state index contributed by atoms with van der Waals surface area (Å²) in [6.07, 6.45) is 2.75. The maximum atomic E-state index is 5.48. The molecule has 1 aromatic rings. The summed E-state index contributed by atoms with van der Waals surface area (Å²) >= 11 is 0. The predicted octanol–water partition coefficient (Wildman–Crippen LogP) is 2.10. The monoisotopic (exact) mass is 239 g/mol. The molecule has 0 fully saturated rings. The number of nitrogens with one attached hydrogen (secondary N) is 1. The first-order valence-electron chi connectivity index (χ1n) is 6.03. The van der Waals surface area contributed by atoms with Crippen LogP contribution in [0.25, 0.3) is 0 Å². The summed E-state index contributed by atoms with van der Waals surface area (Å²) in [5, 5.41) is 3.13. The standard InChI is InChI=1S/C12H21N3O2/c1-4-16-9-5-7-13-12-14-8-6-11(15-12)17-10(2)3/h6,8,10H,4-5,7,9H2,1-3H3,(H,13,14,15). The van der Waals surface area contributed by atoms with Crippen molar-refractivity contribution >= 4 is 5.95 Å². The van der Waals surface area contributed by atoms with Crippen molar-refractivity contribution in [1.82, 2.24) is 9.97 Å². The topological polar surface area (TPSA) is 56.3 Å². The molecule has 0 atom stereocenters. The summed E-state index contributed by atoms with van der Waals surface area (Å²) < 4.78 is 10.7. The molecule has 0 amide bonds. The van der Waals surface area contributed by atoms with Crippen molar-refractivity contribution in [2.75, 3.05) is 25.1 Å². The van der Waals surface area contributed by atoms with E-state index in [2.05, 4.69) is 15.3 Å². The van der Waals surface area contributed by atoms with Crippen LogP contribution < -0.4 is 10.1 Å². The summed E-state index contributed by atoms with van der Waals surface area (Å²) in [6, 6.07) is 1.76. The summed E-state index contributed by atoms with van der Waals surface area (Å²) in [5.74, 6) is 1.20. The van der Waals surface area contributed by atoms with E-state index < -0.39 is 0 Å². The summed E-state index contributed by atoms with van der Waals surface area (Å²) in [6.45, 7) is 8.24. The number of ether oxygens (including phenoxy) is 2. The molecule has 0 saturated carbocycles. The minimum absolute atomic E-state index is 0.121. The number of aromatic nitrogens is 2.